The zero-order valence-corrected chi connectivity index (χ0v) is 11.2. The molecule has 18 heavy (non-hydrogen) atoms. The van der Waals surface area contributed by atoms with Crippen LogP contribution in [0.5, 0.6) is 0 Å². The van der Waals surface area contributed by atoms with Crippen LogP contribution in [0.15, 0.2) is 23.1 Å². The van der Waals surface area contributed by atoms with Crippen molar-refractivity contribution in [1.29, 1.82) is 0 Å². The Morgan fingerprint density at radius 3 is 2.56 bits per heavy atom. The van der Waals surface area contributed by atoms with Crippen LogP contribution >= 0.6 is 0 Å². The van der Waals surface area contributed by atoms with Gasteiger partial charge in [-0.2, -0.15) is 0 Å². The van der Waals surface area contributed by atoms with E-state index in [0.717, 1.165) is 18.6 Å². The fraction of sp³-hybridized carbons (Fsp3) is 0.500. The molecule has 100 valence electrons. The van der Waals surface area contributed by atoms with E-state index in [1.807, 2.05) is 0 Å². The Morgan fingerprint density at radius 1 is 1.44 bits per heavy atom. The maximum atomic E-state index is 13.2. The van der Waals surface area contributed by atoms with Crippen LogP contribution < -0.4 is 5.73 Å². The predicted octanol–water partition coefficient (Wildman–Crippen LogP) is 1.68. The molecule has 1 fully saturated rings. The van der Waals surface area contributed by atoms with E-state index in [-0.39, 0.29) is 10.6 Å². The predicted molar refractivity (Wildman–Crippen MR) is 67.9 cm³/mol. The molecule has 1 aromatic carbocycles. The molecule has 0 spiro atoms. The Balaban J connectivity index is 2.23. The van der Waals surface area contributed by atoms with Crippen LogP contribution in [-0.4, -0.2) is 26.3 Å². The van der Waals surface area contributed by atoms with Crippen molar-refractivity contribution >= 4 is 15.7 Å². The number of hydrogen-bond acceptors (Lipinski definition) is 3. The number of hydrogen-bond donors (Lipinski definition) is 1. The highest BCUT2D eigenvalue weighted by Gasteiger charge is 2.36. The third-order valence-corrected chi connectivity index (χ3v) is 5.17. The maximum absolute atomic E-state index is 13.2. The zero-order chi connectivity index (χ0) is 13.5. The van der Waals surface area contributed by atoms with Crippen molar-refractivity contribution in [3.05, 3.63) is 24.0 Å². The summed E-state index contributed by atoms with van der Waals surface area (Å²) >= 11 is 0. The number of sulfonamides is 1. The SMILES string of the molecule is CC1CC1CN(C)S(=O)(=O)c1cc(N)cc(F)c1. The first-order valence-electron chi connectivity index (χ1n) is 5.83. The minimum Gasteiger partial charge on any atom is -0.399 e. The van der Waals surface area contributed by atoms with E-state index >= 15 is 0 Å². The van der Waals surface area contributed by atoms with E-state index in [0.29, 0.717) is 18.4 Å². The van der Waals surface area contributed by atoms with E-state index in [9.17, 15) is 12.8 Å². The molecule has 1 aliphatic carbocycles. The van der Waals surface area contributed by atoms with Crippen LogP contribution in [0.4, 0.5) is 10.1 Å². The minimum absolute atomic E-state index is 0.0872. The molecule has 1 saturated carbocycles. The van der Waals surface area contributed by atoms with Gasteiger partial charge in [0.25, 0.3) is 0 Å². The smallest absolute Gasteiger partial charge is 0.243 e. The van der Waals surface area contributed by atoms with Gasteiger partial charge in [0.15, 0.2) is 0 Å². The summed E-state index contributed by atoms with van der Waals surface area (Å²) in [5.74, 6) is 0.345. The van der Waals surface area contributed by atoms with Gasteiger partial charge < -0.3 is 5.73 Å². The van der Waals surface area contributed by atoms with Crippen molar-refractivity contribution in [2.45, 2.75) is 18.2 Å². The first-order valence-corrected chi connectivity index (χ1v) is 7.27. The van der Waals surface area contributed by atoms with Gasteiger partial charge in [-0.15, -0.1) is 0 Å². The summed E-state index contributed by atoms with van der Waals surface area (Å²) in [6.07, 6.45) is 1.05. The lowest BCUT2D eigenvalue weighted by atomic mass is 10.3. The molecule has 2 atom stereocenters. The van der Waals surface area contributed by atoms with Crippen LogP contribution in [0.25, 0.3) is 0 Å². The second kappa shape index (κ2) is 4.51. The summed E-state index contributed by atoms with van der Waals surface area (Å²) in [6, 6.07) is 3.38. The molecular formula is C12H17FN2O2S. The van der Waals surface area contributed by atoms with Gasteiger partial charge >= 0.3 is 0 Å². The highest BCUT2D eigenvalue weighted by Crippen LogP contribution is 2.38. The minimum atomic E-state index is -3.65. The van der Waals surface area contributed by atoms with Crippen LogP contribution in [0, 0.1) is 17.7 Å². The Bertz CT molecular complexity index is 539. The molecule has 2 unspecified atom stereocenters. The molecule has 0 bridgehead atoms. The van der Waals surface area contributed by atoms with Gasteiger partial charge in [-0.25, -0.2) is 17.1 Å². The van der Waals surface area contributed by atoms with Crippen molar-refractivity contribution in [2.75, 3.05) is 19.3 Å². The standard InChI is InChI=1S/C12H17FN2O2S/c1-8-3-9(8)7-15(2)18(16,17)12-5-10(13)4-11(14)6-12/h4-6,8-9H,3,7,14H2,1-2H3. The highest BCUT2D eigenvalue weighted by molar-refractivity contribution is 7.89. The molecule has 0 saturated heterocycles. The molecule has 0 aromatic heterocycles. The van der Waals surface area contributed by atoms with Gasteiger partial charge in [-0.05, 0) is 36.5 Å². The van der Waals surface area contributed by atoms with E-state index in [1.54, 1.807) is 0 Å². The maximum Gasteiger partial charge on any atom is 0.243 e. The average Bonchev–Trinajstić information content (AvgIpc) is 2.92. The summed E-state index contributed by atoms with van der Waals surface area (Å²) in [6.45, 7) is 2.56. The highest BCUT2D eigenvalue weighted by atomic mass is 32.2. The Kier molecular flexibility index (Phi) is 3.33. The van der Waals surface area contributed by atoms with E-state index in [1.165, 1.54) is 17.4 Å². The molecule has 0 heterocycles. The number of halogens is 1. The van der Waals surface area contributed by atoms with Crippen LogP contribution in [0.1, 0.15) is 13.3 Å². The normalized spacial score (nSPS) is 23.3. The molecular weight excluding hydrogens is 255 g/mol. The lowest BCUT2D eigenvalue weighted by molar-refractivity contribution is 0.444. The van der Waals surface area contributed by atoms with Crippen LogP contribution in [-0.2, 0) is 10.0 Å². The van der Waals surface area contributed by atoms with Crippen molar-refractivity contribution in [2.24, 2.45) is 11.8 Å². The third-order valence-electron chi connectivity index (χ3n) is 3.37. The molecule has 2 rings (SSSR count). The van der Waals surface area contributed by atoms with Crippen molar-refractivity contribution in [3.63, 3.8) is 0 Å². The van der Waals surface area contributed by atoms with Crippen molar-refractivity contribution in [1.82, 2.24) is 4.31 Å². The summed E-state index contributed by atoms with van der Waals surface area (Å²) in [4.78, 5) is -0.0872. The second-order valence-corrected chi connectivity index (χ2v) is 7.02. The number of nitrogen functional groups attached to an aromatic ring is 1. The molecule has 6 heteroatoms. The second-order valence-electron chi connectivity index (χ2n) is 4.98. The summed E-state index contributed by atoms with van der Waals surface area (Å²) < 4.78 is 38.9. The van der Waals surface area contributed by atoms with Gasteiger partial charge in [0.05, 0.1) is 4.90 Å². The zero-order valence-electron chi connectivity index (χ0n) is 10.4. The number of benzene rings is 1. The first kappa shape index (κ1) is 13.3. The quantitative estimate of drug-likeness (QED) is 0.848. The summed E-state index contributed by atoms with van der Waals surface area (Å²) in [5.41, 5.74) is 5.58. The van der Waals surface area contributed by atoms with Crippen molar-refractivity contribution in [3.8, 4) is 0 Å². The van der Waals surface area contributed by atoms with E-state index in [4.69, 9.17) is 5.73 Å². The van der Waals surface area contributed by atoms with Crippen LogP contribution in [0.2, 0.25) is 0 Å². The average molecular weight is 272 g/mol. The molecule has 1 aliphatic rings. The lowest BCUT2D eigenvalue weighted by Crippen LogP contribution is -2.29. The van der Waals surface area contributed by atoms with Crippen molar-refractivity contribution < 1.29 is 12.8 Å². The molecule has 2 N–H and O–H groups in total. The molecule has 0 amide bonds. The largest absolute Gasteiger partial charge is 0.399 e. The molecule has 4 nitrogen and oxygen atoms in total. The van der Waals surface area contributed by atoms with Gasteiger partial charge in [-0.3, -0.25) is 0 Å². The Hall–Kier alpha value is -1.14. The van der Waals surface area contributed by atoms with E-state index in [2.05, 4.69) is 6.92 Å². The molecule has 0 aliphatic heterocycles. The number of nitrogens with two attached hydrogens (primary N) is 1. The fourth-order valence-electron chi connectivity index (χ4n) is 2.00. The van der Waals surface area contributed by atoms with Crippen LogP contribution in [0.3, 0.4) is 0 Å². The summed E-state index contributed by atoms with van der Waals surface area (Å²) in [5, 5.41) is 0. The third kappa shape index (κ3) is 2.64. The number of anilines is 1. The van der Waals surface area contributed by atoms with Gasteiger partial charge in [0.2, 0.25) is 10.0 Å². The van der Waals surface area contributed by atoms with E-state index < -0.39 is 15.8 Å². The molecule has 1 aromatic rings. The Morgan fingerprint density at radius 2 is 2.06 bits per heavy atom. The summed E-state index contributed by atoms with van der Waals surface area (Å²) in [7, 11) is -2.13. The topological polar surface area (TPSA) is 63.4 Å². The first-order chi connectivity index (χ1) is 8.30. The fourth-order valence-corrected chi connectivity index (χ4v) is 3.29. The monoisotopic (exact) mass is 272 g/mol. The lowest BCUT2D eigenvalue weighted by Gasteiger charge is -2.17. The Labute approximate surface area is 107 Å². The van der Waals surface area contributed by atoms with Gasteiger partial charge in [-0.1, -0.05) is 6.92 Å². The van der Waals surface area contributed by atoms with Gasteiger partial charge in [0, 0.05) is 19.3 Å². The number of rotatable bonds is 4. The molecule has 0 radical (unpaired) electrons. The van der Waals surface area contributed by atoms with Gasteiger partial charge in [0.1, 0.15) is 5.82 Å². The number of nitrogens with zero attached hydrogens (tertiary/aromatic N) is 1.